The van der Waals surface area contributed by atoms with Gasteiger partial charge in [-0.15, -0.1) is 10.2 Å². The molecule has 0 atom stereocenters. The average molecular weight is 490 g/mol. The number of amides is 2. The first-order valence-corrected chi connectivity index (χ1v) is 12.6. The molecule has 2 N–H and O–H groups in total. The monoisotopic (exact) mass is 489 g/mol. The van der Waals surface area contributed by atoms with Crippen molar-refractivity contribution in [3.63, 3.8) is 0 Å². The molecule has 2 amide bonds. The first kappa shape index (κ1) is 24.0. The quantitative estimate of drug-likeness (QED) is 0.586. The van der Waals surface area contributed by atoms with Gasteiger partial charge in [-0.05, 0) is 54.3 Å². The third-order valence-electron chi connectivity index (χ3n) is 6.52. The van der Waals surface area contributed by atoms with Crippen LogP contribution in [-0.4, -0.2) is 52.9 Å². The van der Waals surface area contributed by atoms with Gasteiger partial charge >= 0.3 is 0 Å². The van der Waals surface area contributed by atoms with E-state index < -0.39 is 0 Å². The van der Waals surface area contributed by atoms with Crippen molar-refractivity contribution in [3.05, 3.63) is 76.4 Å². The number of nitrogens with one attached hydrogen (secondary N) is 2. The Balaban J connectivity index is 1.35. The van der Waals surface area contributed by atoms with Crippen LogP contribution < -0.4 is 15.4 Å². The molecule has 0 aliphatic carbocycles. The second kappa shape index (κ2) is 11.3. The average Bonchev–Trinajstić information content (AvgIpc) is 3.12. The number of ether oxygens (including phenoxy) is 2. The zero-order valence-electron chi connectivity index (χ0n) is 20.3. The summed E-state index contributed by atoms with van der Waals surface area (Å²) in [6.07, 6.45) is 4.87. The minimum Gasteiger partial charge on any atom is -0.491 e. The Morgan fingerprint density at radius 3 is 2.94 bits per heavy atom. The van der Waals surface area contributed by atoms with E-state index in [0.717, 1.165) is 48.6 Å². The van der Waals surface area contributed by atoms with Gasteiger partial charge in [-0.3, -0.25) is 9.59 Å². The lowest BCUT2D eigenvalue weighted by molar-refractivity contribution is 0.0865. The Bertz CT molecular complexity index is 1240. The number of aryl methyl sites for hydroxylation is 1. The number of hydrogen-bond acceptors (Lipinski definition) is 6. The van der Waals surface area contributed by atoms with Crippen LogP contribution in [0.4, 0.5) is 0 Å². The molecule has 1 aromatic heterocycles. The zero-order valence-corrected chi connectivity index (χ0v) is 20.3. The Morgan fingerprint density at radius 2 is 2.00 bits per heavy atom. The molecule has 2 bridgehead atoms. The normalized spacial score (nSPS) is 16.4. The number of carbonyl (C=O) groups is 2. The lowest BCUT2D eigenvalue weighted by Crippen LogP contribution is -2.28. The number of benzene rings is 2. The van der Waals surface area contributed by atoms with Gasteiger partial charge in [-0.25, -0.2) is 0 Å². The molecule has 0 spiro atoms. The van der Waals surface area contributed by atoms with E-state index in [1.807, 2.05) is 30.3 Å². The molecular weight excluding hydrogens is 458 g/mol. The van der Waals surface area contributed by atoms with Gasteiger partial charge in [0.25, 0.3) is 11.8 Å². The third-order valence-corrected chi connectivity index (χ3v) is 6.52. The van der Waals surface area contributed by atoms with Crippen LogP contribution in [0.25, 0.3) is 0 Å². The highest BCUT2D eigenvalue weighted by molar-refractivity contribution is 5.95. The highest BCUT2D eigenvalue weighted by atomic mass is 16.5. The van der Waals surface area contributed by atoms with Gasteiger partial charge in [0, 0.05) is 37.1 Å². The van der Waals surface area contributed by atoms with Crippen molar-refractivity contribution < 1.29 is 19.1 Å². The van der Waals surface area contributed by atoms with Gasteiger partial charge in [0.2, 0.25) is 0 Å². The summed E-state index contributed by atoms with van der Waals surface area (Å²) in [5, 5.41) is 14.5. The highest BCUT2D eigenvalue weighted by Gasteiger charge is 2.17. The minimum atomic E-state index is -0.181. The van der Waals surface area contributed by atoms with Crippen LogP contribution in [0, 0.1) is 0 Å². The molecule has 36 heavy (non-hydrogen) atoms. The van der Waals surface area contributed by atoms with Crippen molar-refractivity contribution in [3.8, 4) is 5.75 Å². The molecule has 2 aliphatic rings. The molecule has 3 heterocycles. The SMILES string of the molecule is O=C1NCCOCCOc2ccc(C(=O)NCc3nnc4n3CCCCC4)cc2Cc2cccc1c2. The maximum atomic E-state index is 13.1. The number of aromatic nitrogens is 3. The van der Waals surface area contributed by atoms with Gasteiger partial charge in [0.15, 0.2) is 5.82 Å². The van der Waals surface area contributed by atoms with Crippen LogP contribution in [0.3, 0.4) is 0 Å². The number of rotatable bonds is 3. The number of fused-ring (bicyclic) bond motifs is 4. The van der Waals surface area contributed by atoms with Crippen molar-refractivity contribution in [2.75, 3.05) is 26.4 Å². The first-order valence-electron chi connectivity index (χ1n) is 12.6. The maximum absolute atomic E-state index is 13.1. The lowest BCUT2D eigenvalue weighted by Gasteiger charge is -2.15. The second-order valence-electron chi connectivity index (χ2n) is 9.09. The van der Waals surface area contributed by atoms with Crippen molar-refractivity contribution in [1.29, 1.82) is 0 Å². The summed E-state index contributed by atoms with van der Waals surface area (Å²) >= 11 is 0. The molecule has 0 saturated heterocycles. The van der Waals surface area contributed by atoms with Crippen molar-refractivity contribution >= 4 is 11.8 Å². The number of hydrogen-bond donors (Lipinski definition) is 2. The maximum Gasteiger partial charge on any atom is 0.251 e. The van der Waals surface area contributed by atoms with Crippen LogP contribution in [0.5, 0.6) is 5.75 Å². The summed E-state index contributed by atoms with van der Waals surface area (Å²) in [4.78, 5) is 25.5. The highest BCUT2D eigenvalue weighted by Crippen LogP contribution is 2.24. The summed E-state index contributed by atoms with van der Waals surface area (Å²) in [7, 11) is 0. The summed E-state index contributed by atoms with van der Waals surface area (Å²) in [5.41, 5.74) is 2.96. The number of nitrogens with zero attached hydrogens (tertiary/aromatic N) is 3. The molecule has 5 rings (SSSR count). The Hall–Kier alpha value is -3.72. The summed E-state index contributed by atoms with van der Waals surface area (Å²) < 4.78 is 13.7. The smallest absolute Gasteiger partial charge is 0.251 e. The fraction of sp³-hybridized carbons (Fsp3) is 0.407. The van der Waals surface area contributed by atoms with E-state index in [-0.39, 0.29) is 11.8 Å². The van der Waals surface area contributed by atoms with Crippen LogP contribution in [-0.2, 0) is 30.7 Å². The predicted octanol–water partition coefficient (Wildman–Crippen LogP) is 2.66. The predicted molar refractivity (Wildman–Crippen MR) is 133 cm³/mol. The first-order chi connectivity index (χ1) is 17.7. The second-order valence-corrected chi connectivity index (χ2v) is 9.09. The Morgan fingerprint density at radius 1 is 1.06 bits per heavy atom. The van der Waals surface area contributed by atoms with E-state index in [9.17, 15) is 9.59 Å². The van der Waals surface area contributed by atoms with Crippen molar-refractivity contribution in [2.24, 2.45) is 0 Å². The third kappa shape index (κ3) is 5.73. The zero-order chi connectivity index (χ0) is 24.7. The molecule has 9 nitrogen and oxygen atoms in total. The van der Waals surface area contributed by atoms with E-state index >= 15 is 0 Å². The molecule has 0 fully saturated rings. The molecule has 9 heteroatoms. The molecule has 2 aliphatic heterocycles. The molecule has 0 radical (unpaired) electrons. The van der Waals surface area contributed by atoms with Gasteiger partial charge in [-0.1, -0.05) is 18.6 Å². The Labute approximate surface area is 210 Å². The van der Waals surface area contributed by atoms with E-state index in [2.05, 4.69) is 25.4 Å². The standard InChI is InChI=1S/C27H31N5O4/c33-26-20-6-4-5-19(15-20)16-22-17-21(8-9-23(22)36-14-13-35-12-10-28-26)27(34)29-18-25-31-30-24-7-2-1-3-11-32(24)25/h4-6,8-9,15,17H,1-3,7,10-14,16,18H2,(H,28,33)(H,29,34). The topological polar surface area (TPSA) is 107 Å². The van der Waals surface area contributed by atoms with Crippen molar-refractivity contribution in [2.45, 2.75) is 45.2 Å². The molecule has 188 valence electrons. The summed E-state index contributed by atoms with van der Waals surface area (Å²) in [6, 6.07) is 13.0. The lowest BCUT2D eigenvalue weighted by atomic mass is 9.99. The fourth-order valence-corrected chi connectivity index (χ4v) is 4.63. The molecule has 0 saturated carbocycles. The van der Waals surface area contributed by atoms with Gasteiger partial charge in [-0.2, -0.15) is 0 Å². The van der Waals surface area contributed by atoms with Gasteiger partial charge < -0.3 is 24.7 Å². The largest absolute Gasteiger partial charge is 0.491 e. The minimum absolute atomic E-state index is 0.131. The summed E-state index contributed by atoms with van der Waals surface area (Å²) in [6.45, 7) is 2.86. The molecule has 3 aromatic rings. The molecular formula is C27H31N5O4. The van der Waals surface area contributed by atoms with E-state index in [1.165, 1.54) is 6.42 Å². The number of carbonyl (C=O) groups excluding carboxylic acids is 2. The van der Waals surface area contributed by atoms with E-state index in [0.29, 0.717) is 56.2 Å². The van der Waals surface area contributed by atoms with E-state index in [4.69, 9.17) is 9.47 Å². The van der Waals surface area contributed by atoms with E-state index in [1.54, 1.807) is 12.1 Å². The summed E-state index contributed by atoms with van der Waals surface area (Å²) in [5.74, 6) is 2.18. The van der Waals surface area contributed by atoms with Crippen LogP contribution in [0.2, 0.25) is 0 Å². The van der Waals surface area contributed by atoms with Gasteiger partial charge in [0.1, 0.15) is 18.2 Å². The van der Waals surface area contributed by atoms with Crippen molar-refractivity contribution in [1.82, 2.24) is 25.4 Å². The molecule has 0 unspecified atom stereocenters. The fourth-order valence-electron chi connectivity index (χ4n) is 4.63. The van der Waals surface area contributed by atoms with Gasteiger partial charge in [0.05, 0.1) is 19.8 Å². The van der Waals surface area contributed by atoms with Crippen LogP contribution in [0.1, 0.15) is 62.8 Å². The molecule has 2 aromatic carbocycles. The van der Waals surface area contributed by atoms with Crippen LogP contribution in [0.15, 0.2) is 42.5 Å². The Kier molecular flexibility index (Phi) is 7.56. The van der Waals surface area contributed by atoms with Crippen LogP contribution >= 0.6 is 0 Å².